The minimum Gasteiger partial charge on any atom is -0.359 e. The molecule has 0 radical (unpaired) electrons. The molecule has 4 heteroatoms. The molecule has 0 aromatic rings. The molecule has 0 aromatic carbocycles. The highest BCUT2D eigenvalue weighted by molar-refractivity contribution is 7.62. The molecule has 0 heterocycles. The lowest BCUT2D eigenvalue weighted by Crippen LogP contribution is -2.18. The molecule has 0 aliphatic heterocycles. The molecule has 1 amide bonds. The Morgan fingerprint density at radius 2 is 2.00 bits per heavy atom. The van der Waals surface area contributed by atoms with Gasteiger partial charge in [-0.3, -0.25) is 4.79 Å². The van der Waals surface area contributed by atoms with E-state index in [4.69, 9.17) is 0 Å². The van der Waals surface area contributed by atoms with Crippen molar-refractivity contribution in [3.63, 3.8) is 0 Å². The molecule has 0 saturated heterocycles. The molecule has 10 heavy (non-hydrogen) atoms. The monoisotopic (exact) mass is 163 g/mol. The van der Waals surface area contributed by atoms with E-state index in [0.29, 0.717) is 12.6 Å². The Hall–Kier alpha value is -0.300. The third-order valence-electron chi connectivity index (χ3n) is 1.16. The van der Waals surface area contributed by atoms with Crippen molar-refractivity contribution < 1.29 is 9.36 Å². The predicted octanol–water partition coefficient (Wildman–Crippen LogP) is 0.745. The van der Waals surface area contributed by atoms with E-state index < -0.39 is 7.14 Å². The number of hydrogen-bond acceptors (Lipinski definition) is 2. The van der Waals surface area contributed by atoms with E-state index in [9.17, 15) is 9.36 Å². The van der Waals surface area contributed by atoms with Crippen LogP contribution < -0.4 is 5.32 Å². The molecule has 0 fully saturated rings. The van der Waals surface area contributed by atoms with Crippen molar-refractivity contribution in [1.82, 2.24) is 5.32 Å². The van der Waals surface area contributed by atoms with Gasteiger partial charge in [0.2, 0.25) is 5.91 Å². The second kappa shape index (κ2) is 3.77. The van der Waals surface area contributed by atoms with E-state index in [2.05, 4.69) is 5.32 Å². The Bertz CT molecular complexity index is 161. The first-order valence-corrected chi connectivity index (χ1v) is 5.99. The molecule has 1 N–H and O–H groups in total. The highest BCUT2D eigenvalue weighted by Gasteiger charge is 2.08. The van der Waals surface area contributed by atoms with Gasteiger partial charge in [0.1, 0.15) is 0 Å². The lowest BCUT2D eigenvalue weighted by Gasteiger charge is -2.03. The Labute approximate surface area is 61.6 Å². The number of carbonyl (C=O) groups excluding carboxylic acids is 1. The van der Waals surface area contributed by atoms with Gasteiger partial charge in [0.15, 0.2) is 0 Å². The van der Waals surface area contributed by atoms with E-state index in [1.807, 2.05) is 0 Å². The SMILES string of the molecule is CNC(=O)CCP(C)(C)=O. The Morgan fingerprint density at radius 1 is 1.50 bits per heavy atom. The summed E-state index contributed by atoms with van der Waals surface area (Å²) in [5, 5.41) is 2.48. The molecular weight excluding hydrogens is 149 g/mol. The zero-order valence-corrected chi connectivity index (χ0v) is 7.57. The maximum Gasteiger partial charge on any atom is 0.220 e. The van der Waals surface area contributed by atoms with Crippen molar-refractivity contribution in [2.45, 2.75) is 6.42 Å². The molecule has 0 unspecified atom stereocenters. The summed E-state index contributed by atoms with van der Waals surface area (Å²) in [4.78, 5) is 10.6. The molecule has 0 saturated carbocycles. The summed E-state index contributed by atoms with van der Waals surface area (Å²) in [5.74, 6) is -0.0380. The summed E-state index contributed by atoms with van der Waals surface area (Å²) in [6, 6.07) is 0. The first-order chi connectivity index (χ1) is 4.45. The van der Waals surface area contributed by atoms with Gasteiger partial charge in [-0.15, -0.1) is 0 Å². The van der Waals surface area contributed by atoms with Crippen molar-refractivity contribution in [3.05, 3.63) is 0 Å². The van der Waals surface area contributed by atoms with Crippen molar-refractivity contribution in [3.8, 4) is 0 Å². The Kier molecular flexibility index (Phi) is 3.66. The second-order valence-electron chi connectivity index (χ2n) is 2.72. The summed E-state index contributed by atoms with van der Waals surface area (Å²) in [5.41, 5.74) is 0. The largest absolute Gasteiger partial charge is 0.359 e. The molecule has 3 nitrogen and oxygen atoms in total. The maximum absolute atomic E-state index is 11.1. The van der Waals surface area contributed by atoms with Crippen molar-refractivity contribution in [1.29, 1.82) is 0 Å². The quantitative estimate of drug-likeness (QED) is 0.624. The molecule has 0 atom stereocenters. The first-order valence-electron chi connectivity index (χ1n) is 3.20. The zero-order chi connectivity index (χ0) is 8.20. The number of carbonyl (C=O) groups is 1. The van der Waals surface area contributed by atoms with Crippen LogP contribution in [0.1, 0.15) is 6.42 Å². The smallest absolute Gasteiger partial charge is 0.220 e. The minimum atomic E-state index is -1.99. The number of hydrogen-bond donors (Lipinski definition) is 1. The van der Waals surface area contributed by atoms with E-state index in [-0.39, 0.29) is 5.91 Å². The summed E-state index contributed by atoms with van der Waals surface area (Å²) >= 11 is 0. The fourth-order valence-electron chi connectivity index (χ4n) is 0.496. The number of nitrogens with one attached hydrogen (secondary N) is 1. The number of rotatable bonds is 3. The van der Waals surface area contributed by atoms with Gasteiger partial charge < -0.3 is 9.88 Å². The molecule has 0 aliphatic carbocycles. The van der Waals surface area contributed by atoms with Gasteiger partial charge in [-0.1, -0.05) is 0 Å². The van der Waals surface area contributed by atoms with Gasteiger partial charge in [0.05, 0.1) is 7.14 Å². The van der Waals surface area contributed by atoms with Gasteiger partial charge >= 0.3 is 0 Å². The van der Waals surface area contributed by atoms with Crippen LogP contribution in [0.25, 0.3) is 0 Å². The van der Waals surface area contributed by atoms with Crippen LogP contribution >= 0.6 is 7.14 Å². The van der Waals surface area contributed by atoms with Crippen molar-refractivity contribution >= 4 is 13.0 Å². The molecule has 0 aromatic heterocycles. The highest BCUT2D eigenvalue weighted by Crippen LogP contribution is 2.35. The standard InChI is InChI=1S/C6H14NO2P/c1-7-6(8)4-5-10(2,3)9/h4-5H2,1-3H3,(H,7,8). The fraction of sp³-hybridized carbons (Fsp3) is 0.833. The average molecular weight is 163 g/mol. The topological polar surface area (TPSA) is 46.2 Å². The van der Waals surface area contributed by atoms with Gasteiger partial charge in [-0.2, -0.15) is 0 Å². The second-order valence-corrected chi connectivity index (χ2v) is 6.32. The maximum atomic E-state index is 11.1. The average Bonchev–Trinajstić information content (AvgIpc) is 1.81. The zero-order valence-electron chi connectivity index (χ0n) is 6.68. The first kappa shape index (κ1) is 9.70. The molecule has 0 bridgehead atoms. The van der Waals surface area contributed by atoms with Gasteiger partial charge in [-0.05, 0) is 13.3 Å². The van der Waals surface area contributed by atoms with Crippen molar-refractivity contribution in [2.24, 2.45) is 0 Å². The minimum absolute atomic E-state index is 0.0380. The summed E-state index contributed by atoms with van der Waals surface area (Å²) < 4.78 is 11.1. The van der Waals surface area contributed by atoms with Crippen LogP contribution in [-0.2, 0) is 9.36 Å². The van der Waals surface area contributed by atoms with Crippen LogP contribution in [0.4, 0.5) is 0 Å². The van der Waals surface area contributed by atoms with Gasteiger partial charge in [0, 0.05) is 19.6 Å². The van der Waals surface area contributed by atoms with Crippen molar-refractivity contribution in [2.75, 3.05) is 26.5 Å². The van der Waals surface area contributed by atoms with Gasteiger partial charge in [0.25, 0.3) is 0 Å². The summed E-state index contributed by atoms with van der Waals surface area (Å²) in [6.45, 7) is 3.38. The van der Waals surface area contributed by atoms with Crippen LogP contribution in [-0.4, -0.2) is 32.4 Å². The van der Waals surface area contributed by atoms with Crippen LogP contribution in [0.5, 0.6) is 0 Å². The molecule has 0 rings (SSSR count). The van der Waals surface area contributed by atoms with E-state index in [1.54, 1.807) is 20.4 Å². The summed E-state index contributed by atoms with van der Waals surface area (Å²) in [7, 11) is -0.412. The normalized spacial score (nSPS) is 11.1. The van der Waals surface area contributed by atoms with Crippen LogP contribution in [0.3, 0.4) is 0 Å². The van der Waals surface area contributed by atoms with E-state index in [1.165, 1.54) is 0 Å². The van der Waals surface area contributed by atoms with E-state index in [0.717, 1.165) is 0 Å². The lowest BCUT2D eigenvalue weighted by atomic mass is 10.5. The third-order valence-corrected chi connectivity index (χ3v) is 2.46. The molecule has 0 aliphatic rings. The molecule has 60 valence electrons. The van der Waals surface area contributed by atoms with Gasteiger partial charge in [-0.25, -0.2) is 0 Å². The fourth-order valence-corrected chi connectivity index (χ4v) is 1.24. The Balaban J connectivity index is 3.56. The third kappa shape index (κ3) is 5.83. The summed E-state index contributed by atoms with van der Waals surface area (Å²) in [6.07, 6.45) is 0.882. The lowest BCUT2D eigenvalue weighted by molar-refractivity contribution is -0.120. The van der Waals surface area contributed by atoms with Crippen LogP contribution in [0, 0.1) is 0 Å². The van der Waals surface area contributed by atoms with E-state index >= 15 is 0 Å². The Morgan fingerprint density at radius 3 is 2.30 bits per heavy atom. The highest BCUT2D eigenvalue weighted by atomic mass is 31.2. The molecular formula is C6H14NO2P. The van der Waals surface area contributed by atoms with Crippen LogP contribution in [0.15, 0.2) is 0 Å². The predicted molar refractivity (Wildman–Crippen MR) is 43.0 cm³/mol. The molecule has 0 spiro atoms. The van der Waals surface area contributed by atoms with Crippen LogP contribution in [0.2, 0.25) is 0 Å². The number of amides is 1.